The Balaban J connectivity index is 1.45. The van der Waals surface area contributed by atoms with E-state index in [1.165, 1.54) is 17.1 Å². The van der Waals surface area contributed by atoms with Crippen molar-refractivity contribution in [2.24, 2.45) is 0 Å². The number of hydrogen-bond acceptors (Lipinski definition) is 8. The molecule has 3 aromatic carbocycles. The van der Waals surface area contributed by atoms with Crippen molar-refractivity contribution in [2.45, 2.75) is 12.5 Å². The highest BCUT2D eigenvalue weighted by Gasteiger charge is 2.20. The number of amides is 2. The zero-order valence-electron chi connectivity index (χ0n) is 22.3. The molecule has 0 bridgehead atoms. The summed E-state index contributed by atoms with van der Waals surface area (Å²) in [5, 5.41) is 44.1. The van der Waals surface area contributed by atoms with Crippen LogP contribution in [0, 0.1) is 11.3 Å². The SMILES string of the molecule is N#Cc1nnc(C(Cc2ccccc2)NC(=O)C=Cc2cc(Cl)ccc2-n2cnnn2)cc1-c1ccc(NC(=O)O)cc1. The predicted octanol–water partition coefficient (Wildman–Crippen LogP) is 4.85. The van der Waals surface area contributed by atoms with E-state index >= 15 is 0 Å². The number of carbonyl (C=O) groups is 2. The highest BCUT2D eigenvalue weighted by Crippen LogP contribution is 2.27. The summed E-state index contributed by atoms with van der Waals surface area (Å²) in [5.74, 6) is -0.402. The van der Waals surface area contributed by atoms with Crippen LogP contribution in [0.15, 0.2) is 91.3 Å². The summed E-state index contributed by atoms with van der Waals surface area (Å²) in [5.41, 5.74) is 4.22. The minimum absolute atomic E-state index is 0.0865. The van der Waals surface area contributed by atoms with Crippen molar-refractivity contribution in [3.63, 3.8) is 0 Å². The highest BCUT2D eigenvalue weighted by molar-refractivity contribution is 6.30. The quantitative estimate of drug-likeness (QED) is 0.203. The Labute approximate surface area is 250 Å². The summed E-state index contributed by atoms with van der Waals surface area (Å²) < 4.78 is 1.46. The standard InChI is InChI=1S/C30H22ClN9O3/c31-22-9-12-28(40-18-33-38-39-40)21(15-22)8-13-29(41)35-25(14-19-4-2-1-3-5-19)26-16-24(27(17-32)37-36-26)20-6-10-23(11-7-20)34-30(42)43/h1-13,15-16,18,25,34H,14H2,(H,35,41)(H,42,43). The molecule has 2 amide bonds. The fraction of sp³-hybridized carbons (Fsp3) is 0.0667. The molecule has 0 aliphatic carbocycles. The van der Waals surface area contributed by atoms with Crippen LogP contribution in [0.5, 0.6) is 0 Å². The van der Waals surface area contributed by atoms with Gasteiger partial charge in [-0.1, -0.05) is 54.1 Å². The van der Waals surface area contributed by atoms with E-state index in [1.54, 1.807) is 54.6 Å². The molecule has 5 aromatic rings. The Morgan fingerprint density at radius 3 is 2.53 bits per heavy atom. The molecule has 212 valence electrons. The lowest BCUT2D eigenvalue weighted by molar-refractivity contribution is -0.117. The molecule has 0 aliphatic rings. The van der Waals surface area contributed by atoms with Gasteiger partial charge in [0.05, 0.1) is 17.4 Å². The number of tetrazole rings is 1. The summed E-state index contributed by atoms with van der Waals surface area (Å²) in [4.78, 5) is 24.2. The van der Waals surface area contributed by atoms with Crippen molar-refractivity contribution in [2.75, 3.05) is 5.32 Å². The number of halogens is 1. The van der Waals surface area contributed by atoms with Gasteiger partial charge in [-0.05, 0) is 70.4 Å². The second kappa shape index (κ2) is 13.2. The summed E-state index contributed by atoms with van der Waals surface area (Å²) in [6, 6.07) is 24.4. The third-order valence-electron chi connectivity index (χ3n) is 6.32. The lowest BCUT2D eigenvalue weighted by atomic mass is 9.98. The van der Waals surface area contributed by atoms with E-state index in [4.69, 9.17) is 16.7 Å². The van der Waals surface area contributed by atoms with Gasteiger partial charge in [0, 0.05) is 27.9 Å². The number of carboxylic acid groups (broad SMARTS) is 1. The van der Waals surface area contributed by atoms with Crippen LogP contribution in [0.4, 0.5) is 10.5 Å². The number of rotatable bonds is 9. The van der Waals surface area contributed by atoms with Gasteiger partial charge in [-0.2, -0.15) is 15.0 Å². The third kappa shape index (κ3) is 7.24. The second-order valence-corrected chi connectivity index (χ2v) is 9.63. The molecular formula is C30H22ClN9O3. The van der Waals surface area contributed by atoms with Crippen LogP contribution in [0.2, 0.25) is 5.02 Å². The Hall–Kier alpha value is -5.93. The van der Waals surface area contributed by atoms with E-state index in [-0.39, 0.29) is 5.69 Å². The summed E-state index contributed by atoms with van der Waals surface area (Å²) >= 11 is 6.21. The minimum Gasteiger partial charge on any atom is -0.465 e. The normalized spacial score (nSPS) is 11.5. The monoisotopic (exact) mass is 591 g/mol. The molecule has 12 nitrogen and oxygen atoms in total. The number of nitrogens with zero attached hydrogens (tertiary/aromatic N) is 7. The van der Waals surface area contributed by atoms with Gasteiger partial charge in [0.15, 0.2) is 5.69 Å². The van der Waals surface area contributed by atoms with Crippen LogP contribution in [0.3, 0.4) is 0 Å². The van der Waals surface area contributed by atoms with Gasteiger partial charge in [0.1, 0.15) is 12.4 Å². The molecule has 0 spiro atoms. The molecule has 2 heterocycles. The maximum atomic E-state index is 13.2. The first-order valence-electron chi connectivity index (χ1n) is 12.8. The molecule has 13 heteroatoms. The van der Waals surface area contributed by atoms with Crippen LogP contribution >= 0.6 is 11.6 Å². The Morgan fingerprint density at radius 2 is 1.84 bits per heavy atom. The summed E-state index contributed by atoms with van der Waals surface area (Å²) in [7, 11) is 0. The van der Waals surface area contributed by atoms with Gasteiger partial charge >= 0.3 is 6.09 Å². The van der Waals surface area contributed by atoms with Gasteiger partial charge < -0.3 is 10.4 Å². The zero-order chi connectivity index (χ0) is 30.2. The van der Waals surface area contributed by atoms with E-state index in [0.29, 0.717) is 45.2 Å². The fourth-order valence-corrected chi connectivity index (χ4v) is 4.52. The van der Waals surface area contributed by atoms with Crippen molar-refractivity contribution in [1.29, 1.82) is 5.26 Å². The van der Waals surface area contributed by atoms with E-state index in [0.717, 1.165) is 5.56 Å². The topological polar surface area (TPSA) is 172 Å². The fourth-order valence-electron chi connectivity index (χ4n) is 4.34. The van der Waals surface area contributed by atoms with E-state index in [2.05, 4.69) is 36.4 Å². The molecule has 5 rings (SSSR count). The molecule has 0 saturated heterocycles. The number of hydrogen-bond donors (Lipinski definition) is 3. The van der Waals surface area contributed by atoms with Crippen molar-refractivity contribution < 1.29 is 14.7 Å². The van der Waals surface area contributed by atoms with Crippen LogP contribution in [0.25, 0.3) is 22.9 Å². The summed E-state index contributed by atoms with van der Waals surface area (Å²) in [6.07, 6.45) is 3.64. The molecule has 2 aromatic heterocycles. The number of nitrogens with one attached hydrogen (secondary N) is 2. The highest BCUT2D eigenvalue weighted by atomic mass is 35.5. The molecule has 0 radical (unpaired) electrons. The van der Waals surface area contributed by atoms with Gasteiger partial charge in [-0.25, -0.2) is 4.79 Å². The van der Waals surface area contributed by atoms with Crippen LogP contribution < -0.4 is 10.6 Å². The summed E-state index contributed by atoms with van der Waals surface area (Å²) in [6.45, 7) is 0. The van der Waals surface area contributed by atoms with Crippen molar-refractivity contribution in [1.82, 2.24) is 35.7 Å². The first kappa shape index (κ1) is 28.6. The molecular weight excluding hydrogens is 570 g/mol. The zero-order valence-corrected chi connectivity index (χ0v) is 23.1. The molecule has 1 atom stereocenters. The van der Waals surface area contributed by atoms with Crippen molar-refractivity contribution in [3.05, 3.63) is 119 Å². The number of nitriles is 1. The van der Waals surface area contributed by atoms with Crippen LogP contribution in [-0.2, 0) is 11.2 Å². The minimum atomic E-state index is -1.19. The average molecular weight is 592 g/mol. The third-order valence-corrected chi connectivity index (χ3v) is 6.56. The lowest BCUT2D eigenvalue weighted by Crippen LogP contribution is -2.29. The predicted molar refractivity (Wildman–Crippen MR) is 158 cm³/mol. The molecule has 0 aliphatic heterocycles. The molecule has 43 heavy (non-hydrogen) atoms. The lowest BCUT2D eigenvalue weighted by Gasteiger charge is -2.18. The van der Waals surface area contributed by atoms with Gasteiger partial charge in [-0.3, -0.25) is 10.1 Å². The average Bonchev–Trinajstić information content (AvgIpc) is 3.55. The Bertz CT molecular complexity index is 1820. The first-order valence-corrected chi connectivity index (χ1v) is 13.2. The number of aromatic nitrogens is 6. The molecule has 0 saturated carbocycles. The van der Waals surface area contributed by atoms with Gasteiger partial charge in [0.2, 0.25) is 5.91 Å². The Morgan fingerprint density at radius 1 is 1.05 bits per heavy atom. The Kier molecular flexibility index (Phi) is 8.75. The maximum absolute atomic E-state index is 13.2. The van der Waals surface area contributed by atoms with Crippen LogP contribution in [-0.4, -0.2) is 47.5 Å². The molecule has 0 fully saturated rings. The number of anilines is 1. The van der Waals surface area contributed by atoms with E-state index in [1.807, 2.05) is 36.4 Å². The van der Waals surface area contributed by atoms with Crippen LogP contribution in [0.1, 0.15) is 28.6 Å². The number of carbonyl (C=O) groups excluding carboxylic acids is 1. The largest absolute Gasteiger partial charge is 0.465 e. The number of benzene rings is 3. The smallest absolute Gasteiger partial charge is 0.409 e. The molecule has 1 unspecified atom stereocenters. The first-order chi connectivity index (χ1) is 20.9. The van der Waals surface area contributed by atoms with Crippen molar-refractivity contribution in [3.8, 4) is 22.9 Å². The van der Waals surface area contributed by atoms with E-state index < -0.39 is 18.0 Å². The van der Waals surface area contributed by atoms with E-state index in [9.17, 15) is 14.9 Å². The second-order valence-electron chi connectivity index (χ2n) is 9.19. The maximum Gasteiger partial charge on any atom is 0.409 e. The van der Waals surface area contributed by atoms with Gasteiger partial charge in [-0.15, -0.1) is 10.2 Å². The van der Waals surface area contributed by atoms with Crippen molar-refractivity contribution >= 4 is 35.4 Å². The molecule has 3 N–H and O–H groups in total. The van der Waals surface area contributed by atoms with Gasteiger partial charge in [0.25, 0.3) is 0 Å².